The summed E-state index contributed by atoms with van der Waals surface area (Å²) in [6, 6.07) is 22.5. The molecule has 0 bridgehead atoms. The average Bonchev–Trinajstić information content (AvgIpc) is 2.89. The zero-order valence-electron chi connectivity index (χ0n) is 21.5. The Kier molecular flexibility index (Phi) is 4.90. The zero-order chi connectivity index (χ0) is 24.4. The Morgan fingerprint density at radius 3 is 2.47 bits per heavy atom. The van der Waals surface area contributed by atoms with E-state index in [4.69, 9.17) is 9.72 Å². The molecular formula is C34H33NO. The Labute approximate surface area is 213 Å². The Morgan fingerprint density at radius 2 is 1.64 bits per heavy atom. The largest absolute Gasteiger partial charge is 0.456 e. The molecule has 180 valence electrons. The molecule has 1 fully saturated rings. The minimum Gasteiger partial charge on any atom is -0.456 e. The van der Waals surface area contributed by atoms with Gasteiger partial charge in [-0.3, -0.25) is 4.98 Å². The van der Waals surface area contributed by atoms with Crippen LogP contribution in [0.4, 0.5) is 0 Å². The zero-order valence-corrected chi connectivity index (χ0v) is 21.5. The first-order chi connectivity index (χ1) is 17.5. The van der Waals surface area contributed by atoms with Crippen molar-refractivity contribution in [2.75, 3.05) is 0 Å². The first-order valence-electron chi connectivity index (χ1n) is 13.5. The molecule has 1 saturated carbocycles. The number of fused-ring (bicyclic) bond motifs is 5. The van der Waals surface area contributed by atoms with Gasteiger partial charge in [-0.15, -0.1) is 0 Å². The summed E-state index contributed by atoms with van der Waals surface area (Å²) in [7, 11) is 0. The van der Waals surface area contributed by atoms with Crippen LogP contribution in [0.25, 0.3) is 43.6 Å². The third-order valence-electron chi connectivity index (χ3n) is 8.21. The maximum atomic E-state index is 6.85. The molecule has 0 unspecified atom stereocenters. The van der Waals surface area contributed by atoms with Gasteiger partial charge in [0.25, 0.3) is 0 Å². The van der Waals surface area contributed by atoms with Crippen LogP contribution in [0.5, 0.6) is 11.5 Å². The first kappa shape index (κ1) is 21.9. The summed E-state index contributed by atoms with van der Waals surface area (Å²) < 4.78 is 6.85. The lowest BCUT2D eigenvalue weighted by Crippen LogP contribution is -2.12. The van der Waals surface area contributed by atoms with Crippen LogP contribution in [0.15, 0.2) is 66.9 Å². The molecule has 2 heteroatoms. The number of hydrogen-bond acceptors (Lipinski definition) is 2. The van der Waals surface area contributed by atoms with Crippen LogP contribution in [-0.2, 0) is 6.42 Å². The molecule has 36 heavy (non-hydrogen) atoms. The van der Waals surface area contributed by atoms with Crippen molar-refractivity contribution < 1.29 is 4.74 Å². The molecule has 1 aromatic heterocycles. The monoisotopic (exact) mass is 471 g/mol. The molecule has 1 aliphatic heterocycles. The fourth-order valence-electron chi connectivity index (χ4n) is 6.57. The molecule has 5 aromatic rings. The fraction of sp³-hybridized carbons (Fsp3) is 0.324. The molecule has 2 nitrogen and oxygen atoms in total. The second-order valence-electron chi connectivity index (χ2n) is 12.1. The molecule has 1 aliphatic carbocycles. The van der Waals surface area contributed by atoms with E-state index in [0.717, 1.165) is 34.6 Å². The number of nitrogens with zero attached hydrogens (tertiary/aromatic N) is 1. The van der Waals surface area contributed by atoms with Gasteiger partial charge in [0.15, 0.2) is 0 Å². The number of hydrogen-bond donors (Lipinski definition) is 0. The van der Waals surface area contributed by atoms with Crippen molar-refractivity contribution in [2.45, 2.75) is 65.2 Å². The van der Waals surface area contributed by atoms with Crippen molar-refractivity contribution in [3.8, 4) is 22.8 Å². The van der Waals surface area contributed by atoms with Crippen molar-refractivity contribution in [1.29, 1.82) is 0 Å². The van der Waals surface area contributed by atoms with Gasteiger partial charge in [-0.25, -0.2) is 0 Å². The van der Waals surface area contributed by atoms with Crippen LogP contribution in [0.1, 0.15) is 69.9 Å². The summed E-state index contributed by atoms with van der Waals surface area (Å²) in [6.45, 7) is 6.90. The standard InChI is InChI=1S/C34H33NO/c1-34(2,3)20-29-25-12-8-7-11-23(25)18-28-32-31-26(15-16-35-32)27-17-22(21-9-5-4-6-10-21)13-14-24(27)19-30(31)36-33(28)29/h7-8,11-19,21H,4-6,9-10,20H2,1-3H3. The van der Waals surface area contributed by atoms with Gasteiger partial charge in [0.05, 0.1) is 11.1 Å². The van der Waals surface area contributed by atoms with Gasteiger partial charge in [-0.1, -0.05) is 82.5 Å². The molecule has 0 amide bonds. The van der Waals surface area contributed by atoms with Crippen LogP contribution in [-0.4, -0.2) is 4.98 Å². The molecule has 0 saturated heterocycles. The summed E-state index contributed by atoms with van der Waals surface area (Å²) in [4.78, 5) is 4.96. The normalized spacial score (nSPS) is 15.9. The van der Waals surface area contributed by atoms with E-state index in [1.54, 1.807) is 0 Å². The van der Waals surface area contributed by atoms with E-state index in [1.807, 2.05) is 6.20 Å². The van der Waals surface area contributed by atoms with Gasteiger partial charge in [-0.2, -0.15) is 0 Å². The minimum absolute atomic E-state index is 0.139. The Morgan fingerprint density at radius 1 is 0.833 bits per heavy atom. The fourth-order valence-corrected chi connectivity index (χ4v) is 6.57. The number of ether oxygens (including phenoxy) is 1. The second-order valence-corrected chi connectivity index (χ2v) is 12.1. The third kappa shape index (κ3) is 3.50. The van der Waals surface area contributed by atoms with Crippen LogP contribution in [0.2, 0.25) is 0 Å². The van der Waals surface area contributed by atoms with Gasteiger partial charge in [-0.05, 0) is 81.3 Å². The third-order valence-corrected chi connectivity index (χ3v) is 8.21. The van der Waals surface area contributed by atoms with Crippen molar-refractivity contribution >= 4 is 32.3 Å². The highest BCUT2D eigenvalue weighted by atomic mass is 16.5. The smallest absolute Gasteiger partial charge is 0.140 e. The quantitative estimate of drug-likeness (QED) is 0.234. The van der Waals surface area contributed by atoms with Gasteiger partial charge < -0.3 is 4.74 Å². The van der Waals surface area contributed by atoms with Crippen molar-refractivity contribution in [1.82, 2.24) is 4.98 Å². The van der Waals surface area contributed by atoms with Crippen molar-refractivity contribution in [3.63, 3.8) is 0 Å². The molecule has 2 aliphatic rings. The molecule has 7 rings (SSSR count). The Balaban J connectivity index is 1.49. The molecule has 0 radical (unpaired) electrons. The maximum absolute atomic E-state index is 6.85. The van der Waals surface area contributed by atoms with E-state index in [2.05, 4.69) is 81.4 Å². The SMILES string of the molecule is CC(C)(C)Cc1c2c(cc3ccccc13)-c1nccc3c1c(cc1ccc(C4CCCCC4)cc13)O2. The summed E-state index contributed by atoms with van der Waals surface area (Å²) in [6.07, 6.45) is 9.65. The minimum atomic E-state index is 0.139. The van der Waals surface area contributed by atoms with Crippen molar-refractivity contribution in [2.24, 2.45) is 5.41 Å². The van der Waals surface area contributed by atoms with Gasteiger partial charge in [0, 0.05) is 17.3 Å². The van der Waals surface area contributed by atoms with Gasteiger partial charge in [0.2, 0.25) is 0 Å². The van der Waals surface area contributed by atoms with E-state index in [0.29, 0.717) is 5.92 Å². The van der Waals surface area contributed by atoms with E-state index in [9.17, 15) is 0 Å². The van der Waals surface area contributed by atoms with E-state index < -0.39 is 0 Å². The number of benzene rings is 4. The van der Waals surface area contributed by atoms with Crippen LogP contribution in [0.3, 0.4) is 0 Å². The Hall–Kier alpha value is -3.39. The van der Waals surface area contributed by atoms with E-state index >= 15 is 0 Å². The topological polar surface area (TPSA) is 22.1 Å². The highest BCUT2D eigenvalue weighted by Crippen LogP contribution is 2.51. The summed E-state index contributed by atoms with van der Waals surface area (Å²) in [5, 5.41) is 7.50. The molecule has 0 spiro atoms. The van der Waals surface area contributed by atoms with E-state index in [1.165, 1.54) is 70.2 Å². The highest BCUT2D eigenvalue weighted by molar-refractivity contribution is 6.16. The van der Waals surface area contributed by atoms with Crippen molar-refractivity contribution in [3.05, 3.63) is 78.0 Å². The highest BCUT2D eigenvalue weighted by Gasteiger charge is 2.28. The number of pyridine rings is 1. The van der Waals surface area contributed by atoms with E-state index in [-0.39, 0.29) is 5.41 Å². The van der Waals surface area contributed by atoms with Crippen LogP contribution < -0.4 is 4.74 Å². The van der Waals surface area contributed by atoms with Crippen LogP contribution in [0, 0.1) is 5.41 Å². The lowest BCUT2D eigenvalue weighted by Gasteiger charge is -2.28. The summed E-state index contributed by atoms with van der Waals surface area (Å²) in [5.41, 5.74) is 5.09. The van der Waals surface area contributed by atoms with Crippen LogP contribution >= 0.6 is 0 Å². The van der Waals surface area contributed by atoms with Gasteiger partial charge in [0.1, 0.15) is 11.5 Å². The lowest BCUT2D eigenvalue weighted by molar-refractivity contribution is 0.400. The molecule has 0 atom stereocenters. The molecule has 2 heterocycles. The lowest BCUT2D eigenvalue weighted by atomic mass is 9.82. The molecule has 0 N–H and O–H groups in total. The maximum Gasteiger partial charge on any atom is 0.140 e. The second kappa shape index (κ2) is 8.06. The number of aromatic nitrogens is 1. The van der Waals surface area contributed by atoms with Gasteiger partial charge >= 0.3 is 0 Å². The summed E-state index contributed by atoms with van der Waals surface area (Å²) >= 11 is 0. The predicted octanol–water partition coefficient (Wildman–Crippen LogP) is 9.95. The predicted molar refractivity (Wildman–Crippen MR) is 151 cm³/mol. The first-order valence-corrected chi connectivity index (χ1v) is 13.5. The molecule has 4 aromatic carbocycles. The molecular weight excluding hydrogens is 438 g/mol. The number of rotatable bonds is 2. The summed E-state index contributed by atoms with van der Waals surface area (Å²) in [5.74, 6) is 2.61. The average molecular weight is 472 g/mol. The Bertz CT molecular complexity index is 1650.